The van der Waals surface area contributed by atoms with Crippen molar-refractivity contribution in [1.29, 1.82) is 0 Å². The number of sulfonamides is 1. The molecule has 0 atom stereocenters. The second kappa shape index (κ2) is 6.25. The number of allylic oxidation sites excluding steroid dienone is 2. The Labute approximate surface area is 154 Å². The molecule has 2 aliphatic carbocycles. The fourth-order valence-corrected chi connectivity index (χ4v) is 5.08. The van der Waals surface area contributed by atoms with Crippen molar-refractivity contribution in [3.8, 4) is 5.75 Å². The minimum absolute atomic E-state index is 0.140. The number of primary sulfonamides is 1. The average molecular weight is 369 g/mol. The second-order valence-electron chi connectivity index (χ2n) is 7.63. The third-order valence-corrected chi connectivity index (χ3v) is 6.81. The zero-order chi connectivity index (χ0) is 18.4. The number of phenols is 1. The molecule has 4 rings (SSSR count). The summed E-state index contributed by atoms with van der Waals surface area (Å²) in [5.74, 6) is 0.266. The number of phenolic OH excluding ortho intramolecular Hbond substituents is 1. The van der Waals surface area contributed by atoms with Crippen LogP contribution in [0.5, 0.6) is 5.75 Å². The maximum absolute atomic E-state index is 11.5. The van der Waals surface area contributed by atoms with Crippen LogP contribution < -0.4 is 5.14 Å². The highest BCUT2D eigenvalue weighted by Gasteiger charge is 2.41. The highest BCUT2D eigenvalue weighted by Crippen LogP contribution is 2.57. The van der Waals surface area contributed by atoms with E-state index < -0.39 is 10.0 Å². The lowest BCUT2D eigenvalue weighted by molar-refractivity contribution is 0.330. The molecule has 1 fully saturated rings. The Kier molecular flexibility index (Phi) is 4.16. The summed E-state index contributed by atoms with van der Waals surface area (Å²) < 4.78 is 23.1. The molecule has 0 aromatic heterocycles. The van der Waals surface area contributed by atoms with Gasteiger partial charge in [-0.3, -0.25) is 0 Å². The van der Waals surface area contributed by atoms with Crippen molar-refractivity contribution in [2.45, 2.75) is 43.4 Å². The first-order valence-corrected chi connectivity index (χ1v) is 10.6. The van der Waals surface area contributed by atoms with Gasteiger partial charge in [-0.1, -0.05) is 37.1 Å². The van der Waals surface area contributed by atoms with Crippen LogP contribution in [0.1, 0.15) is 49.7 Å². The number of nitrogens with two attached hydrogens (primary N) is 1. The molecule has 2 aliphatic rings. The monoisotopic (exact) mass is 369 g/mol. The standard InChI is InChI=1S/C21H23NO3S/c22-26(24,25)18-9-5-16(6-10-18)20-14-21(11-1-2-12-21)13-19(20)15-3-7-17(23)8-4-15/h3-10,23H,1-2,11-14H2,(H2,22,24,25). The van der Waals surface area contributed by atoms with E-state index in [0.29, 0.717) is 5.41 Å². The van der Waals surface area contributed by atoms with Crippen molar-refractivity contribution in [2.24, 2.45) is 10.6 Å². The Balaban J connectivity index is 1.78. The van der Waals surface area contributed by atoms with Crippen molar-refractivity contribution in [1.82, 2.24) is 0 Å². The van der Waals surface area contributed by atoms with Gasteiger partial charge in [0.2, 0.25) is 10.0 Å². The molecule has 2 aromatic carbocycles. The van der Waals surface area contributed by atoms with E-state index in [1.54, 1.807) is 24.3 Å². The fourth-order valence-electron chi connectivity index (χ4n) is 4.57. The third kappa shape index (κ3) is 3.17. The number of hydrogen-bond donors (Lipinski definition) is 2. The highest BCUT2D eigenvalue weighted by molar-refractivity contribution is 7.89. The number of rotatable bonds is 3. The van der Waals surface area contributed by atoms with Crippen LogP contribution in [0.15, 0.2) is 53.4 Å². The van der Waals surface area contributed by atoms with Crippen LogP contribution in [0.2, 0.25) is 0 Å². The van der Waals surface area contributed by atoms with Gasteiger partial charge in [0.25, 0.3) is 0 Å². The van der Waals surface area contributed by atoms with E-state index in [0.717, 1.165) is 24.0 Å². The van der Waals surface area contributed by atoms with E-state index in [2.05, 4.69) is 0 Å². The topological polar surface area (TPSA) is 80.4 Å². The van der Waals surface area contributed by atoms with Crippen molar-refractivity contribution in [3.63, 3.8) is 0 Å². The Morgan fingerprint density at radius 3 is 1.73 bits per heavy atom. The first-order valence-electron chi connectivity index (χ1n) is 9.01. The largest absolute Gasteiger partial charge is 0.508 e. The van der Waals surface area contributed by atoms with Crippen LogP contribution in [0.25, 0.3) is 11.1 Å². The van der Waals surface area contributed by atoms with Gasteiger partial charge in [0.05, 0.1) is 4.90 Å². The smallest absolute Gasteiger partial charge is 0.238 e. The minimum Gasteiger partial charge on any atom is -0.508 e. The summed E-state index contributed by atoms with van der Waals surface area (Å²) >= 11 is 0. The van der Waals surface area contributed by atoms with Gasteiger partial charge >= 0.3 is 0 Å². The Morgan fingerprint density at radius 2 is 1.27 bits per heavy atom. The minimum atomic E-state index is -3.68. The van der Waals surface area contributed by atoms with Crippen molar-refractivity contribution >= 4 is 21.2 Å². The van der Waals surface area contributed by atoms with Crippen LogP contribution in [-0.4, -0.2) is 13.5 Å². The molecule has 0 aliphatic heterocycles. The van der Waals surface area contributed by atoms with Gasteiger partial charge < -0.3 is 5.11 Å². The molecule has 1 spiro atoms. The summed E-state index contributed by atoms with van der Waals surface area (Å²) in [6.45, 7) is 0. The van der Waals surface area contributed by atoms with Crippen LogP contribution in [0.4, 0.5) is 0 Å². The molecule has 0 radical (unpaired) electrons. The predicted octanol–water partition coefficient (Wildman–Crippen LogP) is 4.30. The summed E-state index contributed by atoms with van der Waals surface area (Å²) in [5.41, 5.74) is 5.14. The van der Waals surface area contributed by atoms with Gasteiger partial charge in [-0.25, -0.2) is 13.6 Å². The first kappa shape index (κ1) is 17.3. The molecule has 136 valence electrons. The Bertz CT molecular complexity index is 951. The van der Waals surface area contributed by atoms with Gasteiger partial charge in [-0.2, -0.15) is 0 Å². The summed E-state index contributed by atoms with van der Waals surface area (Å²) in [7, 11) is -3.68. The summed E-state index contributed by atoms with van der Waals surface area (Å²) in [6.07, 6.45) is 7.11. The molecule has 0 bridgehead atoms. The molecule has 0 heterocycles. The van der Waals surface area contributed by atoms with E-state index in [9.17, 15) is 13.5 Å². The fraction of sp³-hybridized carbons (Fsp3) is 0.333. The molecule has 4 nitrogen and oxygen atoms in total. The van der Waals surface area contributed by atoms with Crippen molar-refractivity contribution in [3.05, 3.63) is 59.7 Å². The zero-order valence-corrected chi connectivity index (χ0v) is 15.4. The van der Waals surface area contributed by atoms with Crippen LogP contribution >= 0.6 is 0 Å². The van der Waals surface area contributed by atoms with Gasteiger partial charge in [0.1, 0.15) is 5.75 Å². The summed E-state index contributed by atoms with van der Waals surface area (Å²) in [6, 6.07) is 14.3. The molecule has 26 heavy (non-hydrogen) atoms. The normalized spacial score (nSPS) is 19.4. The lowest BCUT2D eigenvalue weighted by atomic mass is 9.81. The van der Waals surface area contributed by atoms with Crippen molar-refractivity contribution in [2.75, 3.05) is 0 Å². The molecular formula is C21H23NO3S. The third-order valence-electron chi connectivity index (χ3n) is 5.88. The van der Waals surface area contributed by atoms with Gasteiger partial charge in [0, 0.05) is 0 Å². The van der Waals surface area contributed by atoms with E-state index >= 15 is 0 Å². The van der Waals surface area contributed by atoms with Gasteiger partial charge in [-0.05, 0) is 77.6 Å². The first-order chi connectivity index (χ1) is 12.4. The maximum Gasteiger partial charge on any atom is 0.238 e. The number of benzene rings is 2. The molecule has 5 heteroatoms. The highest BCUT2D eigenvalue weighted by atomic mass is 32.2. The Hall–Kier alpha value is -2.11. The van der Waals surface area contributed by atoms with E-state index in [4.69, 9.17) is 5.14 Å². The SMILES string of the molecule is NS(=O)(=O)c1ccc(C2=C(c3ccc(O)cc3)CC3(CCCC3)C2)cc1. The van der Waals surface area contributed by atoms with Gasteiger partial charge in [-0.15, -0.1) is 0 Å². The Morgan fingerprint density at radius 1 is 0.808 bits per heavy atom. The number of hydrogen-bond acceptors (Lipinski definition) is 3. The van der Waals surface area contributed by atoms with E-state index in [1.807, 2.05) is 24.3 Å². The van der Waals surface area contributed by atoms with E-state index in [-0.39, 0.29) is 10.6 Å². The van der Waals surface area contributed by atoms with Crippen LogP contribution in [0, 0.1) is 5.41 Å². The maximum atomic E-state index is 11.5. The van der Waals surface area contributed by atoms with Crippen LogP contribution in [0.3, 0.4) is 0 Å². The summed E-state index contributed by atoms with van der Waals surface area (Å²) in [4.78, 5) is 0.140. The molecule has 1 saturated carbocycles. The molecule has 0 saturated heterocycles. The van der Waals surface area contributed by atoms with Crippen LogP contribution in [-0.2, 0) is 10.0 Å². The second-order valence-corrected chi connectivity index (χ2v) is 9.20. The van der Waals surface area contributed by atoms with E-state index in [1.165, 1.54) is 36.8 Å². The molecule has 2 aromatic rings. The molecule has 0 unspecified atom stereocenters. The van der Waals surface area contributed by atoms with Crippen molar-refractivity contribution < 1.29 is 13.5 Å². The lowest BCUT2D eigenvalue weighted by Crippen LogP contribution is -2.12. The molecular weight excluding hydrogens is 346 g/mol. The zero-order valence-electron chi connectivity index (χ0n) is 14.6. The number of aromatic hydroxyl groups is 1. The predicted molar refractivity (Wildman–Crippen MR) is 103 cm³/mol. The average Bonchev–Trinajstić information content (AvgIpc) is 3.22. The summed E-state index contributed by atoms with van der Waals surface area (Å²) in [5, 5.41) is 14.8. The quantitative estimate of drug-likeness (QED) is 0.846. The molecule has 3 N–H and O–H groups in total. The van der Waals surface area contributed by atoms with Gasteiger partial charge in [0.15, 0.2) is 0 Å². The lowest BCUT2D eigenvalue weighted by Gasteiger charge is -2.23. The molecule has 0 amide bonds.